The van der Waals surface area contributed by atoms with Gasteiger partial charge in [-0.2, -0.15) is 0 Å². The fourth-order valence-corrected chi connectivity index (χ4v) is 4.20. The molecule has 0 N–H and O–H groups in total. The summed E-state index contributed by atoms with van der Waals surface area (Å²) < 4.78 is 23.8. The molecule has 1 aromatic carbocycles. The topological polar surface area (TPSA) is 66.4 Å². The first-order valence-corrected chi connectivity index (χ1v) is 10.7. The number of benzene rings is 1. The van der Waals surface area contributed by atoms with E-state index >= 15 is 0 Å². The van der Waals surface area contributed by atoms with Gasteiger partial charge in [-0.05, 0) is 44.0 Å². The number of anilines is 1. The van der Waals surface area contributed by atoms with Crippen molar-refractivity contribution in [3.8, 4) is 0 Å². The number of sulfone groups is 1. The zero-order valence-corrected chi connectivity index (χ0v) is 16.0. The Bertz CT molecular complexity index is 845. The predicted octanol–water partition coefficient (Wildman–Crippen LogP) is 2.34. The molecule has 3 rings (SSSR count). The van der Waals surface area contributed by atoms with Gasteiger partial charge in [0.05, 0.1) is 10.4 Å². The highest BCUT2D eigenvalue weighted by atomic mass is 32.2. The van der Waals surface area contributed by atoms with Gasteiger partial charge in [0.2, 0.25) is 0 Å². The molecule has 0 atom stereocenters. The van der Waals surface area contributed by atoms with E-state index in [1.165, 1.54) is 12.7 Å². The van der Waals surface area contributed by atoms with E-state index in [2.05, 4.69) is 33.7 Å². The van der Waals surface area contributed by atoms with Crippen molar-refractivity contribution in [2.75, 3.05) is 37.8 Å². The number of aromatic nitrogens is 2. The Hall–Kier alpha value is -1.73. The van der Waals surface area contributed by atoms with Crippen LogP contribution in [0.15, 0.2) is 29.4 Å². The minimum Gasteiger partial charge on any atom is -0.356 e. The zero-order valence-electron chi connectivity index (χ0n) is 15.1. The zero-order chi connectivity index (χ0) is 18.0. The molecule has 0 unspecified atom stereocenters. The van der Waals surface area contributed by atoms with Crippen molar-refractivity contribution >= 4 is 26.6 Å². The highest BCUT2D eigenvalue weighted by Crippen LogP contribution is 2.28. The highest BCUT2D eigenvalue weighted by molar-refractivity contribution is 7.90. The molecule has 2 aromatic rings. The molecule has 25 heavy (non-hydrogen) atoms. The summed E-state index contributed by atoms with van der Waals surface area (Å²) in [5, 5.41) is 0.795. The number of likely N-dealkylation sites (tertiary alicyclic amines) is 1. The molecule has 0 bridgehead atoms. The second kappa shape index (κ2) is 7.25. The lowest BCUT2D eigenvalue weighted by Gasteiger charge is -2.37. The van der Waals surface area contributed by atoms with Gasteiger partial charge in [0.15, 0.2) is 9.84 Å². The molecule has 0 spiro atoms. The van der Waals surface area contributed by atoms with E-state index in [-0.39, 0.29) is 0 Å². The molecular formula is C18H26N4O2S. The quantitative estimate of drug-likeness (QED) is 0.813. The summed E-state index contributed by atoms with van der Waals surface area (Å²) in [6.45, 7) is 5.57. The summed E-state index contributed by atoms with van der Waals surface area (Å²) in [5.74, 6) is 0.810. The Kier molecular flexibility index (Phi) is 5.24. The third kappa shape index (κ3) is 3.93. The lowest BCUT2D eigenvalue weighted by molar-refractivity contribution is 0.211. The molecule has 1 aliphatic rings. The van der Waals surface area contributed by atoms with Crippen LogP contribution in [0.2, 0.25) is 0 Å². The Morgan fingerprint density at radius 3 is 2.60 bits per heavy atom. The lowest BCUT2D eigenvalue weighted by atomic mass is 10.0. The Balaban J connectivity index is 1.90. The van der Waals surface area contributed by atoms with E-state index in [1.54, 1.807) is 24.5 Å². The van der Waals surface area contributed by atoms with E-state index in [4.69, 9.17) is 0 Å². The first kappa shape index (κ1) is 18.1. The average molecular weight is 362 g/mol. The number of hydrogen-bond acceptors (Lipinski definition) is 6. The van der Waals surface area contributed by atoms with E-state index in [0.29, 0.717) is 10.9 Å². The number of nitrogens with zero attached hydrogens (tertiary/aromatic N) is 4. The van der Waals surface area contributed by atoms with E-state index in [9.17, 15) is 8.42 Å². The van der Waals surface area contributed by atoms with Gasteiger partial charge < -0.3 is 9.80 Å². The molecule has 0 radical (unpaired) electrons. The van der Waals surface area contributed by atoms with Crippen molar-refractivity contribution in [2.45, 2.75) is 37.1 Å². The average Bonchev–Trinajstić information content (AvgIpc) is 2.60. The molecule has 0 amide bonds. The summed E-state index contributed by atoms with van der Waals surface area (Å²) >= 11 is 0. The molecule has 136 valence electrons. The first-order chi connectivity index (χ1) is 11.9. The Morgan fingerprint density at radius 2 is 1.96 bits per heavy atom. The smallest absolute Gasteiger partial charge is 0.175 e. The molecule has 1 aliphatic heterocycles. The summed E-state index contributed by atoms with van der Waals surface area (Å²) in [6.07, 6.45) is 6.15. The fourth-order valence-electron chi connectivity index (χ4n) is 3.55. The summed E-state index contributed by atoms with van der Waals surface area (Å²) in [5.41, 5.74) is 0.771. The molecule has 7 heteroatoms. The second-order valence-electron chi connectivity index (χ2n) is 6.83. The van der Waals surface area contributed by atoms with Crippen LogP contribution < -0.4 is 4.90 Å². The van der Waals surface area contributed by atoms with Crippen LogP contribution in [0.1, 0.15) is 26.2 Å². The number of hydrogen-bond donors (Lipinski definition) is 0. The van der Waals surface area contributed by atoms with Crippen molar-refractivity contribution < 1.29 is 8.42 Å². The predicted molar refractivity (Wildman–Crippen MR) is 101 cm³/mol. The molecular weight excluding hydrogens is 336 g/mol. The molecule has 1 fully saturated rings. The van der Waals surface area contributed by atoms with Gasteiger partial charge in [0.25, 0.3) is 0 Å². The first-order valence-electron chi connectivity index (χ1n) is 8.80. The van der Waals surface area contributed by atoms with Crippen LogP contribution in [0.5, 0.6) is 0 Å². The van der Waals surface area contributed by atoms with Crippen LogP contribution in [0.4, 0.5) is 5.82 Å². The minimum absolute atomic E-state index is 0.308. The molecule has 1 aromatic heterocycles. The summed E-state index contributed by atoms with van der Waals surface area (Å²) in [7, 11) is -1.21. The Morgan fingerprint density at radius 1 is 1.24 bits per heavy atom. The molecule has 2 heterocycles. The maximum atomic E-state index is 11.9. The van der Waals surface area contributed by atoms with Gasteiger partial charge in [-0.1, -0.05) is 6.92 Å². The van der Waals surface area contributed by atoms with Gasteiger partial charge in [-0.15, -0.1) is 0 Å². The minimum atomic E-state index is -3.26. The van der Waals surface area contributed by atoms with Crippen LogP contribution in [-0.4, -0.2) is 62.3 Å². The fraction of sp³-hybridized carbons (Fsp3) is 0.556. The van der Waals surface area contributed by atoms with Gasteiger partial charge in [0, 0.05) is 37.8 Å². The third-order valence-electron chi connectivity index (χ3n) is 4.99. The SMILES string of the molecule is CCCN1CCC(N(C)c2ncnc3ccc(S(C)(=O)=O)cc23)CC1. The van der Waals surface area contributed by atoms with Gasteiger partial charge in [-0.3, -0.25) is 0 Å². The Labute approximate surface area is 149 Å². The number of fused-ring (bicyclic) bond motifs is 1. The highest BCUT2D eigenvalue weighted by Gasteiger charge is 2.24. The molecule has 1 saturated heterocycles. The normalized spacial score (nSPS) is 17.1. The molecule has 6 nitrogen and oxygen atoms in total. The van der Waals surface area contributed by atoms with Crippen molar-refractivity contribution in [3.63, 3.8) is 0 Å². The van der Waals surface area contributed by atoms with Crippen molar-refractivity contribution in [3.05, 3.63) is 24.5 Å². The van der Waals surface area contributed by atoms with Gasteiger partial charge in [-0.25, -0.2) is 18.4 Å². The van der Waals surface area contributed by atoms with Crippen LogP contribution in [0.25, 0.3) is 10.9 Å². The maximum absolute atomic E-state index is 11.9. The summed E-state index contributed by atoms with van der Waals surface area (Å²) in [4.78, 5) is 13.8. The molecule has 0 saturated carbocycles. The second-order valence-corrected chi connectivity index (χ2v) is 8.85. The van der Waals surface area contributed by atoms with E-state index in [0.717, 1.165) is 49.2 Å². The van der Waals surface area contributed by atoms with Gasteiger partial charge in [0.1, 0.15) is 12.1 Å². The van der Waals surface area contributed by atoms with Gasteiger partial charge >= 0.3 is 0 Å². The van der Waals surface area contributed by atoms with Crippen molar-refractivity contribution in [1.82, 2.24) is 14.9 Å². The largest absolute Gasteiger partial charge is 0.356 e. The lowest BCUT2D eigenvalue weighted by Crippen LogP contribution is -2.44. The van der Waals surface area contributed by atoms with Crippen LogP contribution in [0.3, 0.4) is 0 Å². The number of rotatable bonds is 5. The van der Waals surface area contributed by atoms with E-state index < -0.39 is 9.84 Å². The van der Waals surface area contributed by atoms with Crippen LogP contribution in [0, 0.1) is 0 Å². The standard InChI is InChI=1S/C18H26N4O2S/c1-4-9-22-10-7-14(8-11-22)21(2)18-16-12-15(25(3,23)24)5-6-17(16)19-13-20-18/h5-6,12-14H,4,7-11H2,1-3H3. The van der Waals surface area contributed by atoms with E-state index in [1.807, 2.05) is 0 Å². The number of piperidine rings is 1. The maximum Gasteiger partial charge on any atom is 0.175 e. The van der Waals surface area contributed by atoms with Crippen LogP contribution in [-0.2, 0) is 9.84 Å². The third-order valence-corrected chi connectivity index (χ3v) is 6.10. The monoisotopic (exact) mass is 362 g/mol. The molecule has 0 aliphatic carbocycles. The van der Waals surface area contributed by atoms with Crippen LogP contribution >= 0.6 is 0 Å². The van der Waals surface area contributed by atoms with Crippen molar-refractivity contribution in [2.24, 2.45) is 0 Å². The van der Waals surface area contributed by atoms with Crippen molar-refractivity contribution in [1.29, 1.82) is 0 Å². The summed E-state index contributed by atoms with van der Waals surface area (Å²) in [6, 6.07) is 5.47.